The molecule has 2 aromatic heterocycles. The molecule has 1 fully saturated rings. The van der Waals surface area contributed by atoms with E-state index in [1.807, 2.05) is 42.5 Å². The van der Waals surface area contributed by atoms with E-state index < -0.39 is 0 Å². The van der Waals surface area contributed by atoms with Crippen molar-refractivity contribution in [2.45, 2.75) is 6.42 Å². The highest BCUT2D eigenvalue weighted by atomic mass is 16.3. The van der Waals surface area contributed by atoms with Gasteiger partial charge in [0.1, 0.15) is 0 Å². The van der Waals surface area contributed by atoms with E-state index in [1.54, 1.807) is 12.4 Å². The molecule has 4 aromatic rings. The van der Waals surface area contributed by atoms with Crippen LogP contribution in [0.3, 0.4) is 0 Å². The molecule has 1 aliphatic heterocycles. The van der Waals surface area contributed by atoms with Crippen LogP contribution in [0, 0.1) is 0 Å². The summed E-state index contributed by atoms with van der Waals surface area (Å²) in [6.07, 6.45) is 4.70. The summed E-state index contributed by atoms with van der Waals surface area (Å²) in [5.74, 6) is 0.0586. The zero-order chi connectivity index (χ0) is 25.8. The Labute approximate surface area is 218 Å². The summed E-state index contributed by atoms with van der Waals surface area (Å²) in [4.78, 5) is 19.5. The number of nitrogens with two attached hydrogens (primary N) is 1. The molecule has 4 N–H and O–H groups in total. The van der Waals surface area contributed by atoms with Gasteiger partial charge >= 0.3 is 0 Å². The topological polar surface area (TPSA) is 97.0 Å². The van der Waals surface area contributed by atoms with Crippen LogP contribution in [0.1, 0.15) is 17.5 Å². The first-order chi connectivity index (χ1) is 18.0. The number of fused-ring (bicyclic) bond motifs is 1. The lowest BCUT2D eigenvalue weighted by Gasteiger charge is -2.36. The molecular formula is C29H35N7O. The lowest BCUT2D eigenvalue weighted by molar-refractivity contribution is 0.242. The first-order valence-corrected chi connectivity index (χ1v) is 12.8. The molecule has 0 saturated carbocycles. The van der Waals surface area contributed by atoms with E-state index in [0.717, 1.165) is 61.4 Å². The first-order valence-electron chi connectivity index (χ1n) is 12.8. The third-order valence-corrected chi connectivity index (χ3v) is 6.88. The van der Waals surface area contributed by atoms with Gasteiger partial charge in [0.15, 0.2) is 5.88 Å². The third-order valence-electron chi connectivity index (χ3n) is 6.88. The molecule has 37 heavy (non-hydrogen) atoms. The maximum absolute atomic E-state index is 10.8. The molecule has 1 aliphatic rings. The highest BCUT2D eigenvalue weighted by Gasteiger charge is 2.20. The van der Waals surface area contributed by atoms with Crippen LogP contribution in [0.15, 0.2) is 72.0 Å². The Kier molecular flexibility index (Phi) is 7.39. The molecule has 5 rings (SSSR count). The van der Waals surface area contributed by atoms with Crippen molar-refractivity contribution >= 4 is 33.7 Å². The van der Waals surface area contributed by atoms with Crippen LogP contribution in [0.25, 0.3) is 10.9 Å². The van der Waals surface area contributed by atoms with Gasteiger partial charge in [0.05, 0.1) is 22.5 Å². The van der Waals surface area contributed by atoms with Crippen LogP contribution in [0.4, 0.5) is 17.1 Å². The molecule has 0 aliphatic carbocycles. The summed E-state index contributed by atoms with van der Waals surface area (Å²) < 4.78 is 0. The molecule has 0 unspecified atom stereocenters. The predicted octanol–water partition coefficient (Wildman–Crippen LogP) is 4.09. The van der Waals surface area contributed by atoms with Gasteiger partial charge in [-0.15, -0.1) is 0 Å². The Morgan fingerprint density at radius 1 is 1.08 bits per heavy atom. The summed E-state index contributed by atoms with van der Waals surface area (Å²) in [7, 11) is 4.26. The van der Waals surface area contributed by atoms with Crippen LogP contribution >= 0.6 is 0 Å². The number of anilines is 2. The molecule has 192 valence electrons. The van der Waals surface area contributed by atoms with Crippen molar-refractivity contribution in [1.82, 2.24) is 19.8 Å². The van der Waals surface area contributed by atoms with E-state index in [-0.39, 0.29) is 5.88 Å². The lowest BCUT2D eigenvalue weighted by Crippen LogP contribution is -2.46. The summed E-state index contributed by atoms with van der Waals surface area (Å²) in [6.45, 7) is 6.51. The minimum Gasteiger partial charge on any atom is -0.494 e. The molecule has 0 bridgehead atoms. The SMILES string of the molecule is CN(C)CCCN1CCN(c2ccc(N=C(c3cccnc3)c3c(O)[nH]c4cc(N)ccc34)cc2)CC1. The fourth-order valence-electron chi connectivity index (χ4n) is 4.92. The average Bonchev–Trinajstić information content (AvgIpc) is 3.23. The number of nitrogens with one attached hydrogen (secondary N) is 1. The lowest BCUT2D eigenvalue weighted by atomic mass is 10.0. The van der Waals surface area contributed by atoms with Gasteiger partial charge in [-0.25, -0.2) is 4.99 Å². The molecule has 0 radical (unpaired) electrons. The van der Waals surface area contributed by atoms with Gasteiger partial charge in [0, 0.05) is 60.9 Å². The van der Waals surface area contributed by atoms with Crippen LogP contribution in [-0.4, -0.2) is 83.9 Å². The van der Waals surface area contributed by atoms with Crippen LogP contribution < -0.4 is 10.6 Å². The summed E-state index contributed by atoms with van der Waals surface area (Å²) in [5, 5.41) is 11.7. The summed E-state index contributed by atoms with van der Waals surface area (Å²) >= 11 is 0. The molecular weight excluding hydrogens is 462 g/mol. The number of pyridine rings is 1. The maximum atomic E-state index is 10.8. The minimum atomic E-state index is 0.0586. The summed E-state index contributed by atoms with van der Waals surface area (Å²) in [6, 6.07) is 17.7. The normalized spacial score (nSPS) is 15.1. The highest BCUT2D eigenvalue weighted by Crippen LogP contribution is 2.32. The fourth-order valence-corrected chi connectivity index (χ4v) is 4.92. The Bertz CT molecular complexity index is 1350. The number of aromatic amines is 1. The number of aromatic nitrogens is 2. The number of aromatic hydroxyl groups is 1. The number of nitrogen functional groups attached to an aromatic ring is 1. The highest BCUT2D eigenvalue weighted by molar-refractivity contribution is 6.21. The monoisotopic (exact) mass is 497 g/mol. The van der Waals surface area contributed by atoms with Crippen molar-refractivity contribution in [3.8, 4) is 5.88 Å². The molecule has 2 aromatic carbocycles. The van der Waals surface area contributed by atoms with Crippen molar-refractivity contribution < 1.29 is 5.11 Å². The second-order valence-corrected chi connectivity index (χ2v) is 9.86. The molecule has 8 heteroatoms. The third kappa shape index (κ3) is 5.76. The second-order valence-electron chi connectivity index (χ2n) is 9.86. The first kappa shape index (κ1) is 24.8. The zero-order valence-electron chi connectivity index (χ0n) is 21.6. The molecule has 0 spiro atoms. The summed E-state index contributed by atoms with van der Waals surface area (Å²) in [5.41, 5.74) is 11.5. The van der Waals surface area contributed by atoms with Gasteiger partial charge < -0.3 is 25.6 Å². The van der Waals surface area contributed by atoms with Crippen LogP contribution in [0.2, 0.25) is 0 Å². The Morgan fingerprint density at radius 3 is 2.57 bits per heavy atom. The van der Waals surface area contributed by atoms with Gasteiger partial charge in [0.25, 0.3) is 0 Å². The number of rotatable bonds is 8. The minimum absolute atomic E-state index is 0.0586. The van der Waals surface area contributed by atoms with Gasteiger partial charge in [0.2, 0.25) is 0 Å². The maximum Gasteiger partial charge on any atom is 0.199 e. The standard InChI is InChI=1S/C29H35N7O/c1-34(2)13-4-14-35-15-17-36(18-16-35)24-9-7-23(8-10-24)32-28(21-5-3-12-31-20-21)27-25-11-6-22(30)19-26(25)33-29(27)37/h3,5-12,19-20,33,37H,4,13-18,30H2,1-2H3. The average molecular weight is 498 g/mol. The Hall–Kier alpha value is -3.88. The van der Waals surface area contributed by atoms with E-state index in [9.17, 15) is 5.11 Å². The number of aliphatic imine (C=N–C) groups is 1. The van der Waals surface area contributed by atoms with E-state index >= 15 is 0 Å². The Morgan fingerprint density at radius 2 is 1.86 bits per heavy atom. The second kappa shape index (κ2) is 11.0. The van der Waals surface area contributed by atoms with Crippen molar-refractivity contribution in [1.29, 1.82) is 0 Å². The van der Waals surface area contributed by atoms with Crippen LogP contribution in [-0.2, 0) is 0 Å². The van der Waals surface area contributed by atoms with Crippen molar-refractivity contribution in [2.24, 2.45) is 4.99 Å². The Balaban J connectivity index is 1.37. The molecule has 0 amide bonds. The number of piperazine rings is 1. The number of benzene rings is 2. The fraction of sp³-hybridized carbons (Fsp3) is 0.310. The molecule has 3 heterocycles. The van der Waals surface area contributed by atoms with Crippen molar-refractivity contribution in [3.05, 3.63) is 78.1 Å². The quantitative estimate of drug-likeness (QED) is 0.251. The predicted molar refractivity (Wildman–Crippen MR) is 152 cm³/mol. The number of H-pyrrole nitrogens is 1. The van der Waals surface area contributed by atoms with Gasteiger partial charge in [-0.05, 0) is 88.2 Å². The molecule has 8 nitrogen and oxygen atoms in total. The van der Waals surface area contributed by atoms with E-state index in [0.29, 0.717) is 17.0 Å². The number of hydrogen-bond acceptors (Lipinski definition) is 7. The van der Waals surface area contributed by atoms with Crippen molar-refractivity contribution in [2.75, 3.05) is 64.0 Å². The van der Waals surface area contributed by atoms with E-state index in [1.165, 1.54) is 12.1 Å². The van der Waals surface area contributed by atoms with E-state index in [2.05, 4.69) is 50.9 Å². The number of hydrogen-bond donors (Lipinski definition) is 3. The molecule has 1 saturated heterocycles. The van der Waals surface area contributed by atoms with Gasteiger partial charge in [-0.1, -0.05) is 0 Å². The molecule has 0 atom stereocenters. The van der Waals surface area contributed by atoms with Gasteiger partial charge in [-0.2, -0.15) is 0 Å². The van der Waals surface area contributed by atoms with E-state index in [4.69, 9.17) is 10.7 Å². The van der Waals surface area contributed by atoms with Crippen molar-refractivity contribution in [3.63, 3.8) is 0 Å². The number of nitrogens with zero attached hydrogens (tertiary/aromatic N) is 5. The van der Waals surface area contributed by atoms with Gasteiger partial charge in [-0.3, -0.25) is 9.88 Å². The largest absolute Gasteiger partial charge is 0.494 e. The smallest absolute Gasteiger partial charge is 0.199 e. The van der Waals surface area contributed by atoms with Crippen LogP contribution in [0.5, 0.6) is 5.88 Å². The zero-order valence-corrected chi connectivity index (χ0v) is 21.6.